The minimum atomic E-state index is -0.480. The van der Waals surface area contributed by atoms with E-state index in [1.165, 1.54) is 0 Å². The zero-order chi connectivity index (χ0) is 10.1. The van der Waals surface area contributed by atoms with Crippen LogP contribution in [-0.2, 0) is 9.53 Å². The molecule has 0 aromatic rings. The Bertz CT molecular complexity index is 225. The van der Waals surface area contributed by atoms with E-state index >= 15 is 0 Å². The number of carbonyl (C=O) groups is 1. The maximum absolute atomic E-state index is 11.5. The molecular formula is C10H17NO3. The molecule has 2 fully saturated rings. The molecule has 0 spiro atoms. The Morgan fingerprint density at radius 2 is 2.43 bits per heavy atom. The number of aliphatic hydroxyl groups is 1. The van der Waals surface area contributed by atoms with Crippen molar-refractivity contribution in [1.29, 1.82) is 0 Å². The van der Waals surface area contributed by atoms with Crippen LogP contribution in [0.15, 0.2) is 0 Å². The first-order chi connectivity index (χ1) is 6.68. The van der Waals surface area contributed by atoms with Crippen LogP contribution in [-0.4, -0.2) is 47.3 Å². The van der Waals surface area contributed by atoms with E-state index in [2.05, 4.69) is 0 Å². The predicted octanol–water partition coefficient (Wildman–Crippen LogP) is 0.147. The molecule has 2 heterocycles. The van der Waals surface area contributed by atoms with Gasteiger partial charge in [0.05, 0.1) is 24.7 Å². The van der Waals surface area contributed by atoms with Gasteiger partial charge in [0.1, 0.15) is 0 Å². The third-order valence-electron chi connectivity index (χ3n) is 3.13. The van der Waals surface area contributed by atoms with Crippen LogP contribution in [0.1, 0.15) is 26.2 Å². The highest BCUT2D eigenvalue weighted by molar-refractivity contribution is 5.79. The summed E-state index contributed by atoms with van der Waals surface area (Å²) < 4.78 is 5.54. The Balaban J connectivity index is 1.96. The summed E-state index contributed by atoms with van der Waals surface area (Å²) in [6, 6.07) is 0.113. The topological polar surface area (TPSA) is 49.8 Å². The third-order valence-corrected chi connectivity index (χ3v) is 3.13. The van der Waals surface area contributed by atoms with Crippen LogP contribution < -0.4 is 0 Å². The summed E-state index contributed by atoms with van der Waals surface area (Å²) in [5, 5.41) is 9.36. The number of amides is 1. The second-order valence-corrected chi connectivity index (χ2v) is 4.20. The Morgan fingerprint density at radius 3 is 2.93 bits per heavy atom. The van der Waals surface area contributed by atoms with Crippen molar-refractivity contribution in [3.8, 4) is 0 Å². The number of hydrogen-bond acceptors (Lipinski definition) is 3. The molecule has 2 aliphatic rings. The Hall–Kier alpha value is -0.610. The number of β-amino-alcohol motifs (C(OH)–C–C–N with tert-alkyl or cyclic N) is 1. The van der Waals surface area contributed by atoms with Gasteiger partial charge in [-0.05, 0) is 19.8 Å². The fraction of sp³-hybridized carbons (Fsp3) is 0.900. The van der Waals surface area contributed by atoms with E-state index in [1.807, 2.05) is 6.92 Å². The van der Waals surface area contributed by atoms with E-state index in [0.717, 1.165) is 19.4 Å². The summed E-state index contributed by atoms with van der Waals surface area (Å²) in [5.74, 6) is 0.0560. The average Bonchev–Trinajstić information content (AvgIpc) is 2.73. The summed E-state index contributed by atoms with van der Waals surface area (Å²) in [6.45, 7) is 3.28. The van der Waals surface area contributed by atoms with Gasteiger partial charge in [-0.1, -0.05) is 0 Å². The summed E-state index contributed by atoms with van der Waals surface area (Å²) in [5.41, 5.74) is 0. The largest absolute Gasteiger partial charge is 0.391 e. The van der Waals surface area contributed by atoms with Crippen LogP contribution in [0.4, 0.5) is 0 Å². The van der Waals surface area contributed by atoms with Crippen LogP contribution >= 0.6 is 0 Å². The van der Waals surface area contributed by atoms with Crippen molar-refractivity contribution in [2.45, 2.75) is 44.4 Å². The Labute approximate surface area is 83.8 Å². The van der Waals surface area contributed by atoms with E-state index in [1.54, 1.807) is 4.90 Å². The fourth-order valence-electron chi connectivity index (χ4n) is 2.29. The van der Waals surface area contributed by atoms with Gasteiger partial charge in [-0.2, -0.15) is 0 Å². The molecule has 2 rings (SSSR count). The van der Waals surface area contributed by atoms with Crippen LogP contribution in [0.25, 0.3) is 0 Å². The van der Waals surface area contributed by atoms with Crippen LogP contribution in [0.5, 0.6) is 0 Å². The smallest absolute Gasteiger partial charge is 0.225 e. The van der Waals surface area contributed by atoms with Gasteiger partial charge >= 0.3 is 0 Å². The molecule has 0 aliphatic carbocycles. The molecule has 1 N–H and O–H groups in total. The molecule has 4 heteroatoms. The zero-order valence-electron chi connectivity index (χ0n) is 8.48. The standard InChI is InChI=1S/C10H17NO3/c1-7(9-3-2-4-14-9)11-6-8(12)5-10(11)13/h7-9,12H,2-6H2,1H3. The van der Waals surface area contributed by atoms with Crippen molar-refractivity contribution >= 4 is 5.91 Å². The summed E-state index contributed by atoms with van der Waals surface area (Å²) in [6.07, 6.45) is 2.08. The molecule has 2 aliphatic heterocycles. The monoisotopic (exact) mass is 199 g/mol. The van der Waals surface area contributed by atoms with E-state index in [9.17, 15) is 9.90 Å². The summed E-state index contributed by atoms with van der Waals surface area (Å²) in [7, 11) is 0. The molecule has 0 radical (unpaired) electrons. The second-order valence-electron chi connectivity index (χ2n) is 4.20. The molecule has 0 saturated carbocycles. The molecule has 3 unspecified atom stereocenters. The van der Waals surface area contributed by atoms with Crippen molar-refractivity contribution in [1.82, 2.24) is 4.90 Å². The number of hydrogen-bond donors (Lipinski definition) is 1. The van der Waals surface area contributed by atoms with Gasteiger partial charge in [0, 0.05) is 13.2 Å². The van der Waals surface area contributed by atoms with Gasteiger partial charge in [-0.15, -0.1) is 0 Å². The second kappa shape index (κ2) is 3.87. The molecule has 80 valence electrons. The maximum Gasteiger partial charge on any atom is 0.225 e. The maximum atomic E-state index is 11.5. The number of aliphatic hydroxyl groups excluding tert-OH is 1. The van der Waals surface area contributed by atoms with Crippen molar-refractivity contribution < 1.29 is 14.6 Å². The quantitative estimate of drug-likeness (QED) is 0.688. The Morgan fingerprint density at radius 1 is 1.64 bits per heavy atom. The summed E-state index contributed by atoms with van der Waals surface area (Å²) in [4.78, 5) is 13.2. The Kier molecular flexibility index (Phi) is 2.74. The average molecular weight is 199 g/mol. The first-order valence-corrected chi connectivity index (χ1v) is 5.27. The number of rotatable bonds is 2. The number of nitrogens with zero attached hydrogens (tertiary/aromatic N) is 1. The van der Waals surface area contributed by atoms with Crippen molar-refractivity contribution in [3.63, 3.8) is 0 Å². The first-order valence-electron chi connectivity index (χ1n) is 5.27. The van der Waals surface area contributed by atoms with Crippen LogP contribution in [0, 0.1) is 0 Å². The van der Waals surface area contributed by atoms with Gasteiger partial charge in [-0.3, -0.25) is 4.79 Å². The molecule has 1 amide bonds. The van der Waals surface area contributed by atoms with Gasteiger partial charge in [0.2, 0.25) is 5.91 Å². The lowest BCUT2D eigenvalue weighted by Gasteiger charge is -2.28. The van der Waals surface area contributed by atoms with E-state index < -0.39 is 6.10 Å². The van der Waals surface area contributed by atoms with Crippen LogP contribution in [0.2, 0.25) is 0 Å². The first kappa shape index (κ1) is 9.93. The van der Waals surface area contributed by atoms with Crippen molar-refractivity contribution in [2.75, 3.05) is 13.2 Å². The lowest BCUT2D eigenvalue weighted by molar-refractivity contribution is -0.131. The number of carbonyl (C=O) groups excluding carboxylic acids is 1. The van der Waals surface area contributed by atoms with Gasteiger partial charge < -0.3 is 14.7 Å². The highest BCUT2D eigenvalue weighted by Gasteiger charge is 2.36. The molecule has 0 aromatic heterocycles. The molecule has 4 nitrogen and oxygen atoms in total. The predicted molar refractivity (Wildman–Crippen MR) is 50.8 cm³/mol. The molecule has 0 aromatic carbocycles. The lowest BCUT2D eigenvalue weighted by Crippen LogP contribution is -2.42. The lowest BCUT2D eigenvalue weighted by atomic mass is 10.1. The fourth-order valence-corrected chi connectivity index (χ4v) is 2.29. The number of likely N-dealkylation sites (tertiary alicyclic amines) is 1. The highest BCUT2D eigenvalue weighted by Crippen LogP contribution is 2.23. The SMILES string of the molecule is CC(C1CCCO1)N1CC(O)CC1=O. The van der Waals surface area contributed by atoms with Gasteiger partial charge in [0.25, 0.3) is 0 Å². The van der Waals surface area contributed by atoms with Gasteiger partial charge in [0.15, 0.2) is 0 Å². The van der Waals surface area contributed by atoms with E-state index in [0.29, 0.717) is 6.54 Å². The van der Waals surface area contributed by atoms with Crippen LogP contribution in [0.3, 0.4) is 0 Å². The van der Waals surface area contributed by atoms with Crippen molar-refractivity contribution in [2.24, 2.45) is 0 Å². The zero-order valence-corrected chi connectivity index (χ0v) is 8.48. The summed E-state index contributed by atoms with van der Waals surface area (Å²) >= 11 is 0. The molecule has 2 saturated heterocycles. The van der Waals surface area contributed by atoms with Gasteiger partial charge in [-0.25, -0.2) is 0 Å². The molecule has 3 atom stereocenters. The number of ether oxygens (including phenoxy) is 1. The molecule has 0 bridgehead atoms. The van der Waals surface area contributed by atoms with E-state index in [-0.39, 0.29) is 24.5 Å². The highest BCUT2D eigenvalue weighted by atomic mass is 16.5. The molecular weight excluding hydrogens is 182 g/mol. The van der Waals surface area contributed by atoms with Crippen molar-refractivity contribution in [3.05, 3.63) is 0 Å². The minimum absolute atomic E-state index is 0.0560. The normalized spacial score (nSPS) is 35.3. The third kappa shape index (κ3) is 1.77. The molecule has 14 heavy (non-hydrogen) atoms. The van der Waals surface area contributed by atoms with E-state index in [4.69, 9.17) is 4.74 Å². The minimum Gasteiger partial charge on any atom is -0.391 e.